The van der Waals surface area contributed by atoms with Crippen molar-refractivity contribution in [1.29, 1.82) is 0 Å². The second kappa shape index (κ2) is 14.3. The van der Waals surface area contributed by atoms with Crippen molar-refractivity contribution in [2.45, 2.75) is 40.0 Å². The summed E-state index contributed by atoms with van der Waals surface area (Å²) in [6.45, 7) is 10.8. The first-order chi connectivity index (χ1) is 27.3. The van der Waals surface area contributed by atoms with Gasteiger partial charge in [0.1, 0.15) is 5.69 Å². The molecule has 56 heavy (non-hydrogen) atoms. The number of fused-ring (bicyclic) bond motifs is 6. The van der Waals surface area contributed by atoms with Crippen molar-refractivity contribution >= 4 is 70.6 Å². The minimum absolute atomic E-state index is 0.0592. The fourth-order valence-corrected chi connectivity index (χ4v) is 8.84. The topological polar surface area (TPSA) is 42.5 Å². The number of nitrogens with zero attached hydrogens (tertiary/aromatic N) is 4. The van der Waals surface area contributed by atoms with E-state index < -0.39 is 0 Å². The van der Waals surface area contributed by atoms with Gasteiger partial charge in [-0.05, 0) is 83.5 Å². The van der Waals surface area contributed by atoms with E-state index in [9.17, 15) is 0 Å². The quantitative estimate of drug-likeness (QED) is 0.124. The van der Waals surface area contributed by atoms with Crippen LogP contribution in [0, 0.1) is 0 Å². The van der Waals surface area contributed by atoms with Crippen molar-refractivity contribution in [3.63, 3.8) is 0 Å². The normalized spacial score (nSPS) is 13.1. The Balaban J connectivity index is 1.22. The predicted molar refractivity (Wildman–Crippen MR) is 241 cm³/mol. The van der Waals surface area contributed by atoms with Crippen molar-refractivity contribution in [3.8, 4) is 16.8 Å². The molecule has 0 aliphatic heterocycles. The van der Waals surface area contributed by atoms with Gasteiger partial charge in [0.15, 0.2) is 5.84 Å². The Bertz CT molecular complexity index is 3010. The van der Waals surface area contributed by atoms with Crippen LogP contribution in [0.4, 0.5) is 0 Å². The SMILES string of the molecule is C/C=C(\N=C(N=C(C)c1ccccc1)c1cc(-n2c3ccccc3c3ccc(-c4cccc5sc6ccccc6c45)cc32)ccn1)c1ccc(C(C)(C)C)cc1. The van der Waals surface area contributed by atoms with Crippen molar-refractivity contribution in [3.05, 3.63) is 186 Å². The van der Waals surface area contributed by atoms with Crippen LogP contribution < -0.4 is 0 Å². The predicted octanol–water partition coefficient (Wildman–Crippen LogP) is 13.8. The van der Waals surface area contributed by atoms with Crippen LogP contribution in [0.5, 0.6) is 0 Å². The number of para-hydroxylation sites is 1. The largest absolute Gasteiger partial charge is 0.309 e. The third kappa shape index (κ3) is 6.44. The molecular weight excluding hydrogens is 701 g/mol. The summed E-state index contributed by atoms with van der Waals surface area (Å²) in [5.41, 5.74) is 11.5. The van der Waals surface area contributed by atoms with Crippen LogP contribution in [0.15, 0.2) is 174 Å². The Morgan fingerprint density at radius 1 is 0.643 bits per heavy atom. The van der Waals surface area contributed by atoms with E-state index in [0.717, 1.165) is 39.3 Å². The van der Waals surface area contributed by atoms with E-state index in [0.29, 0.717) is 11.5 Å². The maximum atomic E-state index is 5.26. The number of hydrogen-bond acceptors (Lipinski definition) is 3. The zero-order valence-electron chi connectivity index (χ0n) is 32.3. The van der Waals surface area contributed by atoms with Crippen LogP contribution in [0.2, 0.25) is 0 Å². The highest BCUT2D eigenvalue weighted by Gasteiger charge is 2.18. The lowest BCUT2D eigenvalue weighted by molar-refractivity contribution is 0.590. The van der Waals surface area contributed by atoms with Crippen molar-refractivity contribution < 1.29 is 0 Å². The smallest absolute Gasteiger partial charge is 0.179 e. The number of aliphatic imine (C=N–C) groups is 2. The van der Waals surface area contributed by atoms with Crippen molar-refractivity contribution in [1.82, 2.24) is 9.55 Å². The molecule has 0 saturated heterocycles. The molecule has 0 radical (unpaired) electrons. The second-order valence-electron chi connectivity index (χ2n) is 15.3. The minimum atomic E-state index is 0.0592. The van der Waals surface area contributed by atoms with Gasteiger partial charge in [0.2, 0.25) is 0 Å². The summed E-state index contributed by atoms with van der Waals surface area (Å²) < 4.78 is 4.96. The summed E-state index contributed by atoms with van der Waals surface area (Å²) >= 11 is 1.85. The third-order valence-corrected chi connectivity index (χ3v) is 11.8. The average Bonchev–Trinajstić information content (AvgIpc) is 3.78. The van der Waals surface area contributed by atoms with Crippen molar-refractivity contribution in [2.75, 3.05) is 0 Å². The molecule has 0 atom stereocenters. The molecule has 3 heterocycles. The first-order valence-electron chi connectivity index (χ1n) is 19.1. The lowest BCUT2D eigenvalue weighted by atomic mass is 9.86. The number of hydrogen-bond donors (Lipinski definition) is 0. The molecule has 272 valence electrons. The Morgan fingerprint density at radius 3 is 2.14 bits per heavy atom. The standard InChI is InChI=1S/C51H42N4S/c1-6-43(35-23-26-37(27-24-35)51(3,4)5)54-50(53-33(2)34-15-8-7-9-16-34)44-32-38(29-30-52-44)55-45-20-12-10-17-40(45)41-28-25-36(31-46(41)55)39-19-14-22-48-49(39)42-18-11-13-21-47(42)56-48/h6-32H,1-5H3/b43-6-,53-33?,54-50?. The fraction of sp³-hybridized carbons (Fsp3) is 0.118. The summed E-state index contributed by atoms with van der Waals surface area (Å²) in [7, 11) is 0. The number of aromatic nitrogens is 2. The van der Waals surface area contributed by atoms with Gasteiger partial charge in [0.25, 0.3) is 0 Å². The lowest BCUT2D eigenvalue weighted by Crippen LogP contribution is -2.10. The van der Waals surface area contributed by atoms with Crippen LogP contribution in [0.1, 0.15) is 57.0 Å². The maximum absolute atomic E-state index is 5.26. The molecule has 5 heteroatoms. The molecule has 9 rings (SSSR count). The molecule has 0 bridgehead atoms. The first-order valence-corrected chi connectivity index (χ1v) is 20.0. The van der Waals surface area contributed by atoms with Crippen LogP contribution >= 0.6 is 11.3 Å². The van der Waals surface area contributed by atoms with E-state index in [2.05, 4.69) is 165 Å². The molecule has 0 amide bonds. The summed E-state index contributed by atoms with van der Waals surface area (Å²) in [6, 6.07) is 54.1. The zero-order chi connectivity index (χ0) is 38.4. The van der Waals surface area contributed by atoms with Gasteiger partial charge in [-0.3, -0.25) is 4.98 Å². The fourth-order valence-electron chi connectivity index (χ4n) is 7.71. The van der Waals surface area contributed by atoms with Gasteiger partial charge >= 0.3 is 0 Å². The Hall–Kier alpha value is -6.43. The number of thiophene rings is 1. The number of pyridine rings is 1. The van der Waals surface area contributed by atoms with Crippen LogP contribution in [0.25, 0.3) is 64.5 Å². The molecule has 0 N–H and O–H groups in total. The molecule has 0 aliphatic carbocycles. The number of allylic oxidation sites excluding steroid dienone is 1. The molecule has 0 fully saturated rings. The van der Waals surface area contributed by atoms with E-state index in [1.807, 2.05) is 49.6 Å². The molecule has 0 aliphatic rings. The molecule has 4 nitrogen and oxygen atoms in total. The zero-order valence-corrected chi connectivity index (χ0v) is 33.1. The number of rotatable bonds is 6. The van der Waals surface area contributed by atoms with Gasteiger partial charge in [0.05, 0.1) is 16.7 Å². The Labute approximate surface area is 331 Å². The van der Waals surface area contributed by atoms with Gasteiger partial charge in [-0.15, -0.1) is 11.3 Å². The second-order valence-corrected chi connectivity index (χ2v) is 16.3. The molecule has 6 aromatic carbocycles. The molecule has 3 aromatic heterocycles. The number of amidine groups is 1. The van der Waals surface area contributed by atoms with Gasteiger partial charge < -0.3 is 4.57 Å². The van der Waals surface area contributed by atoms with Crippen LogP contribution in [-0.2, 0) is 5.41 Å². The maximum Gasteiger partial charge on any atom is 0.179 e. The molecular formula is C51H42N4S. The molecule has 0 saturated carbocycles. The third-order valence-electron chi connectivity index (χ3n) is 10.6. The molecule has 0 spiro atoms. The Kier molecular flexibility index (Phi) is 9.03. The minimum Gasteiger partial charge on any atom is -0.309 e. The highest BCUT2D eigenvalue weighted by Crippen LogP contribution is 2.42. The van der Waals surface area contributed by atoms with Gasteiger partial charge in [-0.1, -0.05) is 142 Å². The van der Waals surface area contributed by atoms with Crippen LogP contribution in [0.3, 0.4) is 0 Å². The highest BCUT2D eigenvalue weighted by molar-refractivity contribution is 7.25. The Morgan fingerprint density at radius 2 is 1.36 bits per heavy atom. The summed E-state index contributed by atoms with van der Waals surface area (Å²) in [5, 5.41) is 5.01. The van der Waals surface area contributed by atoms with Gasteiger partial charge in [-0.2, -0.15) is 0 Å². The molecule has 0 unspecified atom stereocenters. The van der Waals surface area contributed by atoms with E-state index in [4.69, 9.17) is 15.0 Å². The van der Waals surface area contributed by atoms with Crippen molar-refractivity contribution in [2.24, 2.45) is 9.98 Å². The monoisotopic (exact) mass is 742 g/mol. The highest BCUT2D eigenvalue weighted by atomic mass is 32.1. The average molecular weight is 743 g/mol. The summed E-state index contributed by atoms with van der Waals surface area (Å²) in [4.78, 5) is 15.4. The van der Waals surface area contributed by atoms with E-state index in [1.165, 1.54) is 47.6 Å². The van der Waals surface area contributed by atoms with E-state index in [-0.39, 0.29) is 5.41 Å². The lowest BCUT2D eigenvalue weighted by Gasteiger charge is -2.19. The number of benzene rings is 6. The van der Waals surface area contributed by atoms with Gasteiger partial charge in [0, 0.05) is 48.5 Å². The first kappa shape index (κ1) is 35.3. The van der Waals surface area contributed by atoms with E-state index in [1.54, 1.807) is 0 Å². The van der Waals surface area contributed by atoms with Crippen LogP contribution in [-0.4, -0.2) is 21.1 Å². The van der Waals surface area contributed by atoms with Gasteiger partial charge in [-0.25, -0.2) is 9.98 Å². The van der Waals surface area contributed by atoms with E-state index >= 15 is 0 Å². The molecule has 9 aromatic rings. The summed E-state index contributed by atoms with van der Waals surface area (Å²) in [5.74, 6) is 0.554. The summed E-state index contributed by atoms with van der Waals surface area (Å²) in [6.07, 6.45) is 3.93.